The highest BCUT2D eigenvalue weighted by molar-refractivity contribution is 5.67. The molecular formula is C12H14N4O4. The van der Waals surface area contributed by atoms with Crippen LogP contribution in [0.15, 0.2) is 28.8 Å². The summed E-state index contributed by atoms with van der Waals surface area (Å²) in [6, 6.07) is 5.73. The van der Waals surface area contributed by atoms with E-state index in [-0.39, 0.29) is 17.4 Å². The average molecular weight is 278 g/mol. The number of nitrogens with zero attached hydrogens (tertiary/aromatic N) is 3. The minimum Gasteiger partial charge on any atom is -0.385 e. The molecule has 1 atom stereocenters. The summed E-state index contributed by atoms with van der Waals surface area (Å²) in [7, 11) is 1.57. The minimum absolute atomic E-state index is 0.0784. The number of nitrogens with two attached hydrogens (primary N) is 1. The second-order valence-corrected chi connectivity index (χ2v) is 4.12. The SMILES string of the molecule is COCCC(N)c1nc(-c2ccccc2[N+](=O)[O-])no1. The van der Waals surface area contributed by atoms with Gasteiger partial charge in [-0.3, -0.25) is 10.1 Å². The summed E-state index contributed by atoms with van der Waals surface area (Å²) in [4.78, 5) is 14.6. The Balaban J connectivity index is 2.27. The Morgan fingerprint density at radius 3 is 2.95 bits per heavy atom. The molecule has 8 heteroatoms. The number of benzene rings is 1. The number of rotatable bonds is 6. The van der Waals surface area contributed by atoms with Crippen molar-refractivity contribution < 1.29 is 14.2 Å². The molecule has 0 saturated carbocycles. The van der Waals surface area contributed by atoms with Crippen molar-refractivity contribution in [1.29, 1.82) is 0 Å². The van der Waals surface area contributed by atoms with Gasteiger partial charge in [-0.05, 0) is 12.5 Å². The zero-order valence-corrected chi connectivity index (χ0v) is 10.9. The molecule has 1 heterocycles. The molecule has 1 aromatic carbocycles. The zero-order chi connectivity index (χ0) is 14.5. The summed E-state index contributed by atoms with van der Waals surface area (Å²) in [5, 5.41) is 14.7. The van der Waals surface area contributed by atoms with Crippen molar-refractivity contribution in [1.82, 2.24) is 10.1 Å². The lowest BCUT2D eigenvalue weighted by Crippen LogP contribution is -2.13. The predicted octanol–water partition coefficient (Wildman–Crippen LogP) is 1.68. The Kier molecular flexibility index (Phi) is 4.38. The first kappa shape index (κ1) is 14.1. The molecule has 8 nitrogen and oxygen atoms in total. The molecule has 0 aliphatic rings. The highest BCUT2D eigenvalue weighted by Crippen LogP contribution is 2.27. The Bertz CT molecular complexity index is 599. The molecule has 2 aromatic rings. The van der Waals surface area contributed by atoms with E-state index in [1.807, 2.05) is 0 Å². The van der Waals surface area contributed by atoms with Crippen LogP contribution in [0.4, 0.5) is 5.69 Å². The van der Waals surface area contributed by atoms with Crippen molar-refractivity contribution in [3.63, 3.8) is 0 Å². The van der Waals surface area contributed by atoms with Crippen LogP contribution in [0.2, 0.25) is 0 Å². The topological polar surface area (TPSA) is 117 Å². The fourth-order valence-corrected chi connectivity index (χ4v) is 1.69. The third kappa shape index (κ3) is 2.98. The minimum atomic E-state index is -0.490. The molecule has 0 amide bonds. The summed E-state index contributed by atoms with van der Waals surface area (Å²) in [6.07, 6.45) is 0.523. The molecule has 2 N–H and O–H groups in total. The van der Waals surface area contributed by atoms with E-state index >= 15 is 0 Å². The van der Waals surface area contributed by atoms with Gasteiger partial charge in [0, 0.05) is 19.8 Å². The Morgan fingerprint density at radius 2 is 2.25 bits per heavy atom. The first-order chi connectivity index (χ1) is 9.63. The van der Waals surface area contributed by atoms with Gasteiger partial charge in [0.1, 0.15) is 5.56 Å². The molecule has 2 rings (SSSR count). The number of methoxy groups -OCH3 is 1. The van der Waals surface area contributed by atoms with Gasteiger partial charge in [0.25, 0.3) is 5.69 Å². The number of ether oxygens (including phenoxy) is 1. The van der Waals surface area contributed by atoms with E-state index < -0.39 is 11.0 Å². The van der Waals surface area contributed by atoms with Crippen molar-refractivity contribution in [2.75, 3.05) is 13.7 Å². The maximum atomic E-state index is 11.0. The maximum absolute atomic E-state index is 11.0. The summed E-state index contributed by atoms with van der Waals surface area (Å²) in [5.41, 5.74) is 6.08. The van der Waals surface area contributed by atoms with Crippen LogP contribution in [0, 0.1) is 10.1 Å². The first-order valence-electron chi connectivity index (χ1n) is 5.95. The number of nitro groups is 1. The second-order valence-electron chi connectivity index (χ2n) is 4.12. The van der Waals surface area contributed by atoms with Crippen molar-refractivity contribution in [2.24, 2.45) is 5.73 Å². The van der Waals surface area contributed by atoms with E-state index in [0.717, 1.165) is 0 Å². The monoisotopic (exact) mass is 278 g/mol. The molecule has 106 valence electrons. The van der Waals surface area contributed by atoms with Gasteiger partial charge >= 0.3 is 0 Å². The van der Waals surface area contributed by atoms with E-state index in [0.29, 0.717) is 18.6 Å². The quantitative estimate of drug-likeness (QED) is 0.630. The first-order valence-corrected chi connectivity index (χ1v) is 5.95. The van der Waals surface area contributed by atoms with Crippen molar-refractivity contribution in [3.8, 4) is 11.4 Å². The Labute approximate surface area is 114 Å². The van der Waals surface area contributed by atoms with Gasteiger partial charge in [0.15, 0.2) is 0 Å². The number of hydrogen-bond acceptors (Lipinski definition) is 7. The highest BCUT2D eigenvalue weighted by atomic mass is 16.6. The Morgan fingerprint density at radius 1 is 1.50 bits per heavy atom. The summed E-state index contributed by atoms with van der Waals surface area (Å²) in [6.45, 7) is 0.463. The van der Waals surface area contributed by atoms with Crippen LogP contribution in [0.25, 0.3) is 11.4 Å². The highest BCUT2D eigenvalue weighted by Gasteiger charge is 2.21. The fraction of sp³-hybridized carbons (Fsp3) is 0.333. The molecule has 0 fully saturated rings. The van der Waals surface area contributed by atoms with E-state index in [4.69, 9.17) is 15.0 Å². The lowest BCUT2D eigenvalue weighted by molar-refractivity contribution is -0.384. The average Bonchev–Trinajstić information content (AvgIpc) is 2.94. The summed E-state index contributed by atoms with van der Waals surface area (Å²) in [5.74, 6) is 0.385. The second kappa shape index (κ2) is 6.22. The third-order valence-electron chi connectivity index (χ3n) is 2.73. The molecule has 1 unspecified atom stereocenters. The van der Waals surface area contributed by atoms with Gasteiger partial charge in [0.2, 0.25) is 11.7 Å². The largest absolute Gasteiger partial charge is 0.385 e. The lowest BCUT2D eigenvalue weighted by Gasteiger charge is -2.04. The molecule has 0 aliphatic heterocycles. The molecule has 0 aliphatic carbocycles. The zero-order valence-electron chi connectivity index (χ0n) is 10.9. The smallest absolute Gasteiger partial charge is 0.280 e. The van der Waals surface area contributed by atoms with Crippen molar-refractivity contribution in [3.05, 3.63) is 40.3 Å². The van der Waals surface area contributed by atoms with Crippen LogP contribution < -0.4 is 5.73 Å². The molecule has 20 heavy (non-hydrogen) atoms. The van der Waals surface area contributed by atoms with Crippen LogP contribution in [-0.4, -0.2) is 28.8 Å². The summed E-state index contributed by atoms with van der Waals surface area (Å²) < 4.78 is 9.97. The van der Waals surface area contributed by atoms with Gasteiger partial charge in [0.05, 0.1) is 11.0 Å². The van der Waals surface area contributed by atoms with Crippen LogP contribution in [0.3, 0.4) is 0 Å². The lowest BCUT2D eigenvalue weighted by atomic mass is 10.1. The normalized spacial score (nSPS) is 12.3. The van der Waals surface area contributed by atoms with Crippen molar-refractivity contribution >= 4 is 5.69 Å². The maximum Gasteiger partial charge on any atom is 0.280 e. The van der Waals surface area contributed by atoms with Gasteiger partial charge in [-0.15, -0.1) is 0 Å². The van der Waals surface area contributed by atoms with E-state index in [2.05, 4.69) is 10.1 Å². The van der Waals surface area contributed by atoms with Crippen LogP contribution >= 0.6 is 0 Å². The molecule has 1 aromatic heterocycles. The van der Waals surface area contributed by atoms with Gasteiger partial charge in [-0.25, -0.2) is 0 Å². The van der Waals surface area contributed by atoms with Crippen LogP contribution in [0.5, 0.6) is 0 Å². The predicted molar refractivity (Wildman–Crippen MR) is 69.8 cm³/mol. The van der Waals surface area contributed by atoms with Gasteiger partial charge < -0.3 is 15.0 Å². The van der Waals surface area contributed by atoms with Crippen LogP contribution in [0.1, 0.15) is 18.4 Å². The molecule has 0 bridgehead atoms. The molecular weight excluding hydrogens is 264 g/mol. The van der Waals surface area contributed by atoms with Crippen molar-refractivity contribution in [2.45, 2.75) is 12.5 Å². The van der Waals surface area contributed by atoms with Gasteiger partial charge in [-0.1, -0.05) is 17.3 Å². The third-order valence-corrected chi connectivity index (χ3v) is 2.73. The number of nitro benzene ring substituents is 1. The number of aromatic nitrogens is 2. The van der Waals surface area contributed by atoms with Gasteiger partial charge in [-0.2, -0.15) is 4.98 Å². The Hall–Kier alpha value is -2.32. The number of para-hydroxylation sites is 1. The van der Waals surface area contributed by atoms with E-state index in [1.165, 1.54) is 6.07 Å². The fourth-order valence-electron chi connectivity index (χ4n) is 1.69. The molecule has 0 radical (unpaired) electrons. The number of hydrogen-bond donors (Lipinski definition) is 1. The molecule has 0 spiro atoms. The molecule has 0 saturated heterocycles. The standard InChI is InChI=1S/C12H14N4O4/c1-19-7-6-9(13)12-14-11(15-20-12)8-4-2-3-5-10(8)16(17)18/h2-5,9H,6-7,13H2,1H3. The van der Waals surface area contributed by atoms with E-state index in [9.17, 15) is 10.1 Å². The summed E-state index contributed by atoms with van der Waals surface area (Å²) >= 11 is 0. The van der Waals surface area contributed by atoms with E-state index in [1.54, 1.807) is 25.3 Å². The van der Waals surface area contributed by atoms with Crippen LogP contribution in [-0.2, 0) is 4.74 Å².